The number of carbonyl (C=O) groups is 1. The SMILES string of the molecule is COc1ccc(C(=O)c2cc3cc(C)n(CCCCNS(C)=O)c3s2)cc1. The summed E-state index contributed by atoms with van der Waals surface area (Å²) >= 11 is 1.54. The molecule has 144 valence electrons. The van der Waals surface area contributed by atoms with Crippen LogP contribution in [0.15, 0.2) is 36.4 Å². The molecule has 0 bridgehead atoms. The molecule has 7 heteroatoms. The number of hydrogen-bond acceptors (Lipinski definition) is 4. The molecule has 1 N–H and O–H groups in total. The van der Waals surface area contributed by atoms with Crippen LogP contribution in [0.25, 0.3) is 10.2 Å². The van der Waals surface area contributed by atoms with Crippen molar-refractivity contribution in [2.75, 3.05) is 19.9 Å². The summed E-state index contributed by atoms with van der Waals surface area (Å²) < 4.78 is 21.4. The third-order valence-electron chi connectivity index (χ3n) is 4.47. The molecule has 1 unspecified atom stereocenters. The Morgan fingerprint density at radius 2 is 1.96 bits per heavy atom. The highest BCUT2D eigenvalue weighted by Crippen LogP contribution is 2.31. The van der Waals surface area contributed by atoms with E-state index in [9.17, 15) is 9.00 Å². The van der Waals surface area contributed by atoms with Crippen molar-refractivity contribution in [3.63, 3.8) is 0 Å². The minimum Gasteiger partial charge on any atom is -0.497 e. The number of thiophene rings is 1. The summed E-state index contributed by atoms with van der Waals surface area (Å²) in [5.41, 5.74) is 1.87. The number of rotatable bonds is 9. The maximum Gasteiger partial charge on any atom is 0.203 e. The number of nitrogens with zero attached hydrogens (tertiary/aromatic N) is 1. The van der Waals surface area contributed by atoms with Crippen LogP contribution in [0.5, 0.6) is 5.75 Å². The van der Waals surface area contributed by atoms with Gasteiger partial charge in [-0.2, -0.15) is 0 Å². The first-order chi connectivity index (χ1) is 13.0. The van der Waals surface area contributed by atoms with Gasteiger partial charge in [0, 0.05) is 36.0 Å². The van der Waals surface area contributed by atoms with E-state index in [1.165, 1.54) is 5.69 Å². The molecule has 5 nitrogen and oxygen atoms in total. The molecule has 0 aliphatic carbocycles. The van der Waals surface area contributed by atoms with E-state index < -0.39 is 11.0 Å². The van der Waals surface area contributed by atoms with Crippen molar-refractivity contribution < 1.29 is 13.7 Å². The van der Waals surface area contributed by atoms with Crippen LogP contribution in [-0.2, 0) is 17.5 Å². The number of fused-ring (bicyclic) bond motifs is 1. The summed E-state index contributed by atoms with van der Waals surface area (Å²) in [4.78, 5) is 14.7. The smallest absolute Gasteiger partial charge is 0.203 e. The first-order valence-corrected chi connectivity index (χ1v) is 11.2. The molecule has 2 heterocycles. The predicted octanol–water partition coefficient (Wildman–Crippen LogP) is 3.91. The van der Waals surface area contributed by atoms with Gasteiger partial charge < -0.3 is 9.30 Å². The topological polar surface area (TPSA) is 60.3 Å². The van der Waals surface area contributed by atoms with Gasteiger partial charge in [-0.3, -0.25) is 4.79 Å². The second-order valence-electron chi connectivity index (χ2n) is 6.42. The van der Waals surface area contributed by atoms with E-state index in [1.807, 2.05) is 18.2 Å². The van der Waals surface area contributed by atoms with Crippen molar-refractivity contribution in [3.8, 4) is 5.75 Å². The fourth-order valence-corrected chi connectivity index (χ4v) is 4.68. The van der Waals surface area contributed by atoms with Gasteiger partial charge in [0.25, 0.3) is 0 Å². The molecule has 2 aromatic heterocycles. The monoisotopic (exact) mass is 404 g/mol. The number of benzene rings is 1. The summed E-state index contributed by atoms with van der Waals surface area (Å²) in [5, 5.41) is 1.11. The molecule has 0 amide bonds. The number of carbonyl (C=O) groups excluding carboxylic acids is 1. The number of methoxy groups -OCH3 is 1. The van der Waals surface area contributed by atoms with Crippen LogP contribution in [0.2, 0.25) is 0 Å². The second-order valence-corrected chi connectivity index (χ2v) is 8.65. The zero-order chi connectivity index (χ0) is 19.4. The number of aromatic nitrogens is 1. The fourth-order valence-electron chi connectivity index (χ4n) is 3.06. The number of ether oxygens (including phenoxy) is 1. The molecule has 0 aliphatic heterocycles. The van der Waals surface area contributed by atoms with Crippen LogP contribution in [-0.4, -0.2) is 34.5 Å². The number of aryl methyl sites for hydroxylation is 2. The molecule has 1 atom stereocenters. The van der Waals surface area contributed by atoms with Crippen LogP contribution in [0, 0.1) is 6.92 Å². The average Bonchev–Trinajstić information content (AvgIpc) is 3.18. The predicted molar refractivity (Wildman–Crippen MR) is 112 cm³/mol. The van der Waals surface area contributed by atoms with Gasteiger partial charge >= 0.3 is 0 Å². The lowest BCUT2D eigenvalue weighted by Crippen LogP contribution is -2.17. The van der Waals surface area contributed by atoms with Crippen molar-refractivity contribution in [1.82, 2.24) is 9.29 Å². The van der Waals surface area contributed by atoms with Crippen LogP contribution in [0.3, 0.4) is 0 Å². The Labute approximate surface area is 165 Å². The maximum absolute atomic E-state index is 12.8. The molecule has 3 aromatic rings. The summed E-state index contributed by atoms with van der Waals surface area (Å²) in [6.45, 7) is 3.74. The van der Waals surface area contributed by atoms with Crippen molar-refractivity contribution in [1.29, 1.82) is 0 Å². The first kappa shape index (κ1) is 19.8. The number of hydrogen-bond donors (Lipinski definition) is 1. The van der Waals surface area contributed by atoms with Crippen molar-refractivity contribution in [2.45, 2.75) is 26.3 Å². The lowest BCUT2D eigenvalue weighted by Gasteiger charge is -2.07. The van der Waals surface area contributed by atoms with Gasteiger partial charge in [0.1, 0.15) is 10.6 Å². The second kappa shape index (κ2) is 8.82. The molecule has 0 radical (unpaired) electrons. The van der Waals surface area contributed by atoms with Crippen LogP contribution in [0.1, 0.15) is 33.8 Å². The van der Waals surface area contributed by atoms with E-state index in [4.69, 9.17) is 4.74 Å². The number of ketones is 1. The van der Waals surface area contributed by atoms with Gasteiger partial charge in [-0.15, -0.1) is 11.3 Å². The largest absolute Gasteiger partial charge is 0.497 e. The normalized spacial score (nSPS) is 12.4. The van der Waals surface area contributed by atoms with Gasteiger partial charge in [-0.1, -0.05) is 0 Å². The van der Waals surface area contributed by atoms with Gasteiger partial charge in [0.15, 0.2) is 0 Å². The summed E-state index contributed by atoms with van der Waals surface area (Å²) in [5.74, 6) is 0.782. The Bertz CT molecular complexity index is 958. The van der Waals surface area contributed by atoms with E-state index >= 15 is 0 Å². The Kier molecular flexibility index (Phi) is 6.46. The Balaban J connectivity index is 1.74. The number of nitrogens with one attached hydrogen (secondary N) is 1. The van der Waals surface area contributed by atoms with Crippen LogP contribution >= 0.6 is 11.3 Å². The molecule has 27 heavy (non-hydrogen) atoms. The van der Waals surface area contributed by atoms with E-state index in [0.717, 1.165) is 46.8 Å². The average molecular weight is 405 g/mol. The molecule has 1 aromatic carbocycles. The van der Waals surface area contributed by atoms with Crippen molar-refractivity contribution in [3.05, 3.63) is 52.5 Å². The van der Waals surface area contributed by atoms with Crippen molar-refractivity contribution >= 4 is 38.3 Å². The first-order valence-electron chi connectivity index (χ1n) is 8.85. The summed E-state index contributed by atoms with van der Waals surface area (Å²) in [6.07, 6.45) is 3.60. The minimum atomic E-state index is -0.955. The minimum absolute atomic E-state index is 0.0395. The molecule has 0 saturated carbocycles. The van der Waals surface area contributed by atoms with Crippen molar-refractivity contribution in [2.24, 2.45) is 0 Å². The molecule has 0 fully saturated rings. The summed E-state index contributed by atoms with van der Waals surface area (Å²) in [6, 6.07) is 11.3. The van der Waals surface area contributed by atoms with Gasteiger partial charge in [0.2, 0.25) is 5.78 Å². The molecule has 3 rings (SSSR count). The Hall–Kier alpha value is -1.96. The third kappa shape index (κ3) is 4.66. The highest BCUT2D eigenvalue weighted by Gasteiger charge is 2.16. The zero-order valence-corrected chi connectivity index (χ0v) is 17.4. The van der Waals surface area contributed by atoms with Crippen LogP contribution < -0.4 is 9.46 Å². The lowest BCUT2D eigenvalue weighted by molar-refractivity contribution is 0.104. The molecular weight excluding hydrogens is 380 g/mol. The van der Waals surface area contributed by atoms with E-state index in [2.05, 4.69) is 22.3 Å². The van der Waals surface area contributed by atoms with Gasteiger partial charge in [-0.25, -0.2) is 8.93 Å². The molecular formula is C20H24N2O3S2. The zero-order valence-electron chi connectivity index (χ0n) is 15.8. The Morgan fingerprint density at radius 1 is 1.22 bits per heavy atom. The quantitative estimate of drug-likeness (QED) is 0.434. The third-order valence-corrected chi connectivity index (χ3v) is 6.25. The number of unbranched alkanes of at least 4 members (excludes halogenated alkanes) is 1. The molecule has 0 saturated heterocycles. The van der Waals surface area contributed by atoms with E-state index in [0.29, 0.717) is 5.56 Å². The van der Waals surface area contributed by atoms with E-state index in [-0.39, 0.29) is 5.78 Å². The highest BCUT2D eigenvalue weighted by molar-refractivity contribution is 7.82. The van der Waals surface area contributed by atoms with Gasteiger partial charge in [0.05, 0.1) is 23.0 Å². The molecule has 0 spiro atoms. The summed E-state index contributed by atoms with van der Waals surface area (Å²) in [7, 11) is 0.658. The van der Waals surface area contributed by atoms with E-state index in [1.54, 1.807) is 36.8 Å². The van der Waals surface area contributed by atoms with Gasteiger partial charge in [-0.05, 0) is 56.2 Å². The fraction of sp³-hybridized carbons (Fsp3) is 0.350. The Morgan fingerprint density at radius 3 is 2.63 bits per heavy atom. The maximum atomic E-state index is 12.8. The highest BCUT2D eigenvalue weighted by atomic mass is 32.2. The standard InChI is InChI=1S/C20H24N2O3S2/c1-14-12-16-13-18(19(23)15-6-8-17(25-2)9-7-15)26-20(16)22(14)11-5-4-10-21-27(3)24/h6-9,12-13,21H,4-5,10-11H2,1-3H3. The molecule has 0 aliphatic rings. The lowest BCUT2D eigenvalue weighted by atomic mass is 10.1. The van der Waals surface area contributed by atoms with Crippen LogP contribution in [0.4, 0.5) is 0 Å².